The molecule has 0 fully saturated rings. The Morgan fingerprint density at radius 3 is 2.93 bits per heavy atom. The van der Waals surface area contributed by atoms with E-state index in [0.29, 0.717) is 12.1 Å². The molecular formula is C9H11NO4S. The van der Waals surface area contributed by atoms with Crippen LogP contribution in [0.3, 0.4) is 0 Å². The normalized spacial score (nSPS) is 17.4. The van der Waals surface area contributed by atoms with Crippen LogP contribution < -0.4 is 0 Å². The Balaban J connectivity index is 2.37. The zero-order valence-electron chi connectivity index (χ0n) is 8.24. The van der Waals surface area contributed by atoms with E-state index in [1.54, 1.807) is 6.92 Å². The third-order valence-electron chi connectivity index (χ3n) is 2.31. The minimum atomic E-state index is -3.17. The number of aryl methyl sites for hydroxylation is 1. The van der Waals surface area contributed by atoms with Gasteiger partial charge in [0, 0.05) is 12.1 Å². The van der Waals surface area contributed by atoms with Crippen molar-refractivity contribution in [2.75, 3.05) is 12.4 Å². The summed E-state index contributed by atoms with van der Waals surface area (Å²) in [7, 11) is -3.17. The summed E-state index contributed by atoms with van der Waals surface area (Å²) in [5, 5.41) is 0. The Bertz CT molecular complexity index is 500. The molecule has 2 rings (SSSR count). The second-order valence-corrected chi connectivity index (χ2v) is 5.39. The number of nitrogens with one attached hydrogen (secondary N) is 1. The van der Waals surface area contributed by atoms with Gasteiger partial charge in [-0.15, -0.1) is 0 Å². The predicted molar refractivity (Wildman–Crippen MR) is 52.5 cm³/mol. The van der Waals surface area contributed by atoms with Crippen molar-refractivity contribution in [2.24, 2.45) is 0 Å². The van der Waals surface area contributed by atoms with Gasteiger partial charge in [-0.25, -0.2) is 13.2 Å². The number of H-pyrrole nitrogens is 1. The second kappa shape index (κ2) is 3.37. The summed E-state index contributed by atoms with van der Waals surface area (Å²) >= 11 is 0. The molecule has 0 saturated carbocycles. The first-order chi connectivity index (χ1) is 7.04. The summed E-state index contributed by atoms with van der Waals surface area (Å²) in [5.41, 5.74) is 0.822. The number of ether oxygens (including phenoxy) is 1. The number of carbonyl (C=O) groups is 1. The van der Waals surface area contributed by atoms with Gasteiger partial charge in [0.25, 0.3) is 0 Å². The van der Waals surface area contributed by atoms with Crippen LogP contribution in [0.2, 0.25) is 0 Å². The third kappa shape index (κ3) is 1.65. The number of rotatable bonds is 2. The Morgan fingerprint density at radius 2 is 2.33 bits per heavy atom. The molecule has 82 valence electrons. The Labute approximate surface area is 87.4 Å². The summed E-state index contributed by atoms with van der Waals surface area (Å²) in [4.78, 5) is 14.3. The standard InChI is InChI=1S/C9H11NO4S/c1-2-14-9(11)7-5-8-6(10-7)3-4-15(8,12)13/h5,10H,2-4H2,1H3. The van der Waals surface area contributed by atoms with Gasteiger partial charge in [-0.2, -0.15) is 0 Å². The van der Waals surface area contributed by atoms with Crippen LogP contribution in [-0.2, 0) is 21.0 Å². The molecule has 0 aliphatic carbocycles. The van der Waals surface area contributed by atoms with E-state index in [-0.39, 0.29) is 22.9 Å². The smallest absolute Gasteiger partial charge is 0.354 e. The molecule has 1 aliphatic heterocycles. The topological polar surface area (TPSA) is 76.2 Å². The zero-order chi connectivity index (χ0) is 11.1. The lowest BCUT2D eigenvalue weighted by Gasteiger charge is -1.98. The molecule has 0 unspecified atom stereocenters. The molecule has 1 aromatic rings. The molecule has 1 aliphatic rings. The molecule has 0 amide bonds. The second-order valence-electron chi connectivity index (χ2n) is 3.32. The zero-order valence-corrected chi connectivity index (χ0v) is 9.06. The monoisotopic (exact) mass is 229 g/mol. The molecule has 1 aromatic heterocycles. The number of hydrogen-bond donors (Lipinski definition) is 1. The van der Waals surface area contributed by atoms with Gasteiger partial charge in [0.05, 0.1) is 17.3 Å². The molecule has 5 nitrogen and oxygen atoms in total. The van der Waals surface area contributed by atoms with Crippen LogP contribution in [0.4, 0.5) is 0 Å². The highest BCUT2D eigenvalue weighted by atomic mass is 32.2. The van der Waals surface area contributed by atoms with Gasteiger partial charge < -0.3 is 9.72 Å². The van der Waals surface area contributed by atoms with Crippen LogP contribution in [0.25, 0.3) is 0 Å². The molecule has 1 N–H and O–H groups in total. The van der Waals surface area contributed by atoms with Crippen molar-refractivity contribution in [1.29, 1.82) is 0 Å². The fourth-order valence-electron chi connectivity index (χ4n) is 1.61. The largest absolute Gasteiger partial charge is 0.461 e. The quantitative estimate of drug-likeness (QED) is 0.750. The van der Waals surface area contributed by atoms with Gasteiger partial charge in [0.1, 0.15) is 5.69 Å². The summed E-state index contributed by atoms with van der Waals surface area (Å²) in [5.74, 6) is -0.390. The molecule has 6 heteroatoms. The van der Waals surface area contributed by atoms with Crippen molar-refractivity contribution in [1.82, 2.24) is 4.98 Å². The summed E-state index contributed by atoms with van der Waals surface area (Å²) < 4.78 is 27.7. The van der Waals surface area contributed by atoms with E-state index in [9.17, 15) is 13.2 Å². The Hall–Kier alpha value is -1.30. The lowest BCUT2D eigenvalue weighted by Crippen LogP contribution is -2.06. The van der Waals surface area contributed by atoms with E-state index < -0.39 is 15.8 Å². The van der Waals surface area contributed by atoms with Crippen molar-refractivity contribution in [3.05, 3.63) is 17.5 Å². The molecule has 2 heterocycles. The molecule has 0 spiro atoms. The van der Waals surface area contributed by atoms with Crippen LogP contribution in [-0.4, -0.2) is 31.7 Å². The van der Waals surface area contributed by atoms with Gasteiger partial charge in [-0.1, -0.05) is 0 Å². The first-order valence-corrected chi connectivity index (χ1v) is 6.31. The number of hydrogen-bond acceptors (Lipinski definition) is 4. The Morgan fingerprint density at radius 1 is 1.60 bits per heavy atom. The average molecular weight is 229 g/mol. The van der Waals surface area contributed by atoms with Crippen LogP contribution in [0.1, 0.15) is 23.1 Å². The predicted octanol–water partition coefficient (Wildman–Crippen LogP) is 0.521. The highest BCUT2D eigenvalue weighted by Crippen LogP contribution is 2.26. The van der Waals surface area contributed by atoms with Gasteiger partial charge in [-0.3, -0.25) is 0 Å². The molecule has 0 saturated heterocycles. The molecule has 0 aromatic carbocycles. The highest BCUT2D eigenvalue weighted by molar-refractivity contribution is 7.91. The van der Waals surface area contributed by atoms with E-state index in [0.717, 1.165) is 0 Å². The average Bonchev–Trinajstić information content (AvgIpc) is 2.68. The van der Waals surface area contributed by atoms with Crippen LogP contribution in [0, 0.1) is 0 Å². The van der Waals surface area contributed by atoms with Crippen molar-refractivity contribution >= 4 is 15.8 Å². The number of esters is 1. The van der Waals surface area contributed by atoms with Gasteiger partial charge in [-0.05, 0) is 13.0 Å². The molecule has 0 bridgehead atoms. The number of aromatic amines is 1. The number of sulfone groups is 1. The van der Waals surface area contributed by atoms with Gasteiger partial charge >= 0.3 is 5.97 Å². The Kier molecular flexibility index (Phi) is 2.30. The van der Waals surface area contributed by atoms with Crippen molar-refractivity contribution in [2.45, 2.75) is 18.2 Å². The van der Waals surface area contributed by atoms with Crippen LogP contribution >= 0.6 is 0 Å². The SMILES string of the molecule is CCOC(=O)c1cc2c([nH]1)CCS2(=O)=O. The minimum Gasteiger partial charge on any atom is -0.461 e. The van der Waals surface area contributed by atoms with E-state index in [4.69, 9.17) is 4.74 Å². The van der Waals surface area contributed by atoms with E-state index in [1.165, 1.54) is 6.07 Å². The van der Waals surface area contributed by atoms with Crippen molar-refractivity contribution in [3.8, 4) is 0 Å². The lowest BCUT2D eigenvalue weighted by atomic mass is 10.3. The van der Waals surface area contributed by atoms with Gasteiger partial charge in [0.2, 0.25) is 0 Å². The summed E-state index contributed by atoms with van der Waals surface area (Å²) in [6, 6.07) is 1.36. The fourth-order valence-corrected chi connectivity index (χ4v) is 3.13. The third-order valence-corrected chi connectivity index (χ3v) is 4.09. The summed E-state index contributed by atoms with van der Waals surface area (Å²) in [6.07, 6.45) is 0.442. The minimum absolute atomic E-state index is 0.122. The fraction of sp³-hybridized carbons (Fsp3) is 0.444. The van der Waals surface area contributed by atoms with Crippen molar-refractivity contribution < 1.29 is 17.9 Å². The van der Waals surface area contributed by atoms with E-state index >= 15 is 0 Å². The number of carbonyl (C=O) groups excluding carboxylic acids is 1. The number of aromatic nitrogens is 1. The molecule has 15 heavy (non-hydrogen) atoms. The van der Waals surface area contributed by atoms with Gasteiger partial charge in [0.15, 0.2) is 9.84 Å². The van der Waals surface area contributed by atoms with E-state index in [1.807, 2.05) is 0 Å². The maximum atomic E-state index is 11.5. The first-order valence-electron chi connectivity index (χ1n) is 4.66. The summed E-state index contributed by atoms with van der Waals surface area (Å²) in [6.45, 7) is 1.97. The van der Waals surface area contributed by atoms with Crippen molar-refractivity contribution in [3.63, 3.8) is 0 Å². The first kappa shape index (κ1) is 10.2. The van der Waals surface area contributed by atoms with Crippen LogP contribution in [0.5, 0.6) is 0 Å². The molecule has 0 radical (unpaired) electrons. The maximum Gasteiger partial charge on any atom is 0.354 e. The highest BCUT2D eigenvalue weighted by Gasteiger charge is 2.30. The maximum absolute atomic E-state index is 11.5. The van der Waals surface area contributed by atoms with Crippen LogP contribution in [0.15, 0.2) is 11.0 Å². The van der Waals surface area contributed by atoms with E-state index in [2.05, 4.69) is 4.98 Å². The number of fused-ring (bicyclic) bond motifs is 1. The molecule has 0 atom stereocenters. The molecular weight excluding hydrogens is 218 g/mol. The lowest BCUT2D eigenvalue weighted by molar-refractivity contribution is 0.0520.